The number of hydrogen-bond acceptors (Lipinski definition) is 3. The van der Waals surface area contributed by atoms with E-state index in [1.54, 1.807) is 0 Å². The molecule has 1 aliphatic rings. The molecule has 5 nitrogen and oxygen atoms in total. The summed E-state index contributed by atoms with van der Waals surface area (Å²) in [5.41, 5.74) is 2.78. The lowest BCUT2D eigenvalue weighted by Gasteiger charge is -2.25. The number of nitrogens with one attached hydrogen (secondary N) is 2. The van der Waals surface area contributed by atoms with Gasteiger partial charge in [-0.15, -0.1) is 0 Å². The molecule has 1 aromatic rings. The number of anilines is 1. The molecular weight excluding hydrogens is 216 g/mol. The van der Waals surface area contributed by atoms with Gasteiger partial charge in [0.1, 0.15) is 0 Å². The van der Waals surface area contributed by atoms with Gasteiger partial charge in [0.25, 0.3) is 0 Å². The van der Waals surface area contributed by atoms with Crippen molar-refractivity contribution >= 4 is 11.6 Å². The molecule has 1 fully saturated rings. The molecule has 1 saturated heterocycles. The monoisotopic (exact) mass is 236 g/mol. The van der Waals surface area contributed by atoms with Gasteiger partial charge in [0.05, 0.1) is 23.0 Å². The first-order valence-electron chi connectivity index (χ1n) is 6.08. The van der Waals surface area contributed by atoms with Gasteiger partial charge in [-0.05, 0) is 27.7 Å². The molecule has 5 heteroatoms. The van der Waals surface area contributed by atoms with Crippen LogP contribution in [0.4, 0.5) is 5.69 Å². The van der Waals surface area contributed by atoms with Gasteiger partial charge in [-0.2, -0.15) is 5.10 Å². The number of aryl methyl sites for hydroxylation is 1. The lowest BCUT2D eigenvalue weighted by atomic mass is 10.0. The molecule has 2 heterocycles. The second-order valence-corrected chi connectivity index (χ2v) is 4.93. The first-order valence-corrected chi connectivity index (χ1v) is 6.08. The van der Waals surface area contributed by atoms with Crippen molar-refractivity contribution in [2.45, 2.75) is 33.7 Å². The molecule has 2 N–H and O–H groups in total. The fourth-order valence-corrected chi connectivity index (χ4v) is 2.05. The predicted molar refractivity (Wildman–Crippen MR) is 67.1 cm³/mol. The van der Waals surface area contributed by atoms with E-state index in [0.29, 0.717) is 6.04 Å². The van der Waals surface area contributed by atoms with E-state index in [1.165, 1.54) is 0 Å². The maximum absolute atomic E-state index is 11.9. The van der Waals surface area contributed by atoms with Crippen molar-refractivity contribution in [1.29, 1.82) is 0 Å². The summed E-state index contributed by atoms with van der Waals surface area (Å²) >= 11 is 0. The highest BCUT2D eigenvalue weighted by atomic mass is 16.2. The predicted octanol–water partition coefficient (Wildman–Crippen LogP) is 1.24. The summed E-state index contributed by atoms with van der Waals surface area (Å²) in [5.74, 6) is 0.203. The molecule has 0 atom stereocenters. The van der Waals surface area contributed by atoms with Crippen LogP contribution in [0.2, 0.25) is 0 Å². The molecule has 0 unspecified atom stereocenters. The molecule has 17 heavy (non-hydrogen) atoms. The molecule has 0 bridgehead atoms. The largest absolute Gasteiger partial charge is 0.323 e. The van der Waals surface area contributed by atoms with Gasteiger partial charge in [0.15, 0.2) is 0 Å². The minimum Gasteiger partial charge on any atom is -0.323 e. The van der Waals surface area contributed by atoms with Crippen LogP contribution >= 0.6 is 0 Å². The third-order valence-corrected chi connectivity index (χ3v) is 3.21. The van der Waals surface area contributed by atoms with Crippen molar-refractivity contribution in [2.24, 2.45) is 5.92 Å². The van der Waals surface area contributed by atoms with E-state index < -0.39 is 0 Å². The van der Waals surface area contributed by atoms with Crippen LogP contribution in [-0.2, 0) is 4.79 Å². The van der Waals surface area contributed by atoms with E-state index >= 15 is 0 Å². The minimum atomic E-state index is 0.0956. The SMILES string of the molecule is Cc1nn(C(C)C)c(C)c1NC(=O)C1CNC1. The van der Waals surface area contributed by atoms with Crippen molar-refractivity contribution in [3.63, 3.8) is 0 Å². The van der Waals surface area contributed by atoms with Gasteiger partial charge in [0.2, 0.25) is 5.91 Å². The number of amides is 1. The Morgan fingerprint density at radius 3 is 2.53 bits per heavy atom. The van der Waals surface area contributed by atoms with Gasteiger partial charge in [0, 0.05) is 19.1 Å². The van der Waals surface area contributed by atoms with Crippen molar-refractivity contribution < 1.29 is 4.79 Å². The highest BCUT2D eigenvalue weighted by Crippen LogP contribution is 2.23. The first-order chi connectivity index (χ1) is 8.00. The Kier molecular flexibility index (Phi) is 3.19. The molecule has 0 saturated carbocycles. The molecule has 1 amide bonds. The Balaban J connectivity index is 2.17. The van der Waals surface area contributed by atoms with Crippen molar-refractivity contribution in [2.75, 3.05) is 18.4 Å². The van der Waals surface area contributed by atoms with Crippen LogP contribution in [0.5, 0.6) is 0 Å². The van der Waals surface area contributed by atoms with E-state index in [4.69, 9.17) is 0 Å². The van der Waals surface area contributed by atoms with E-state index in [9.17, 15) is 4.79 Å². The van der Waals surface area contributed by atoms with Gasteiger partial charge < -0.3 is 10.6 Å². The smallest absolute Gasteiger partial charge is 0.230 e. The van der Waals surface area contributed by atoms with E-state index in [0.717, 1.165) is 30.2 Å². The average Bonchev–Trinajstić information content (AvgIpc) is 2.43. The summed E-state index contributed by atoms with van der Waals surface area (Å²) in [7, 11) is 0. The molecular formula is C12H20N4O. The van der Waals surface area contributed by atoms with Crippen LogP contribution in [0.25, 0.3) is 0 Å². The van der Waals surface area contributed by atoms with Crippen LogP contribution < -0.4 is 10.6 Å². The quantitative estimate of drug-likeness (QED) is 0.830. The highest BCUT2D eigenvalue weighted by Gasteiger charge is 2.26. The maximum atomic E-state index is 11.9. The molecule has 0 spiro atoms. The van der Waals surface area contributed by atoms with Crippen LogP contribution in [0.1, 0.15) is 31.3 Å². The van der Waals surface area contributed by atoms with Crippen LogP contribution in [-0.4, -0.2) is 28.8 Å². The number of aromatic nitrogens is 2. The highest BCUT2D eigenvalue weighted by molar-refractivity contribution is 5.94. The molecule has 2 rings (SSSR count). The fourth-order valence-electron chi connectivity index (χ4n) is 2.05. The third kappa shape index (κ3) is 2.20. The van der Waals surface area contributed by atoms with E-state index in [1.807, 2.05) is 18.5 Å². The molecule has 94 valence electrons. The van der Waals surface area contributed by atoms with E-state index in [-0.39, 0.29) is 11.8 Å². The van der Waals surface area contributed by atoms with Gasteiger partial charge in [-0.1, -0.05) is 0 Å². The number of hydrogen-bond donors (Lipinski definition) is 2. The van der Waals surface area contributed by atoms with Gasteiger partial charge in [-0.25, -0.2) is 0 Å². The Bertz CT molecular complexity index is 432. The van der Waals surface area contributed by atoms with E-state index in [2.05, 4.69) is 29.6 Å². The lowest BCUT2D eigenvalue weighted by molar-refractivity contribution is -0.121. The number of carbonyl (C=O) groups excluding carboxylic acids is 1. The molecule has 1 aliphatic heterocycles. The molecule has 0 aromatic carbocycles. The number of rotatable bonds is 3. The summed E-state index contributed by atoms with van der Waals surface area (Å²) in [5, 5.41) is 10.5. The maximum Gasteiger partial charge on any atom is 0.230 e. The molecule has 0 radical (unpaired) electrons. The van der Waals surface area contributed by atoms with Crippen molar-refractivity contribution in [3.8, 4) is 0 Å². The zero-order valence-electron chi connectivity index (χ0n) is 10.9. The summed E-state index contributed by atoms with van der Waals surface area (Å²) < 4.78 is 1.95. The second-order valence-electron chi connectivity index (χ2n) is 4.93. The van der Waals surface area contributed by atoms with Crippen LogP contribution in [0.3, 0.4) is 0 Å². The fraction of sp³-hybridized carbons (Fsp3) is 0.667. The van der Waals surface area contributed by atoms with Crippen LogP contribution in [0, 0.1) is 19.8 Å². The second kappa shape index (κ2) is 4.49. The minimum absolute atomic E-state index is 0.0956. The zero-order chi connectivity index (χ0) is 12.6. The Hall–Kier alpha value is -1.36. The normalized spacial score (nSPS) is 16.1. The standard InChI is InChI=1S/C12H20N4O/c1-7(2)16-9(4)11(8(3)15-16)14-12(17)10-5-13-6-10/h7,10,13H,5-6H2,1-4H3,(H,14,17). The third-order valence-electron chi connectivity index (χ3n) is 3.21. The summed E-state index contributed by atoms with van der Waals surface area (Å²) in [4.78, 5) is 11.9. The average molecular weight is 236 g/mol. The zero-order valence-corrected chi connectivity index (χ0v) is 10.9. The first kappa shape index (κ1) is 12.1. The van der Waals surface area contributed by atoms with Gasteiger partial charge in [-0.3, -0.25) is 9.48 Å². The lowest BCUT2D eigenvalue weighted by Crippen LogP contribution is -2.48. The van der Waals surface area contributed by atoms with Crippen molar-refractivity contribution in [3.05, 3.63) is 11.4 Å². The summed E-state index contributed by atoms with van der Waals surface area (Å²) in [6, 6.07) is 0.310. The van der Waals surface area contributed by atoms with Gasteiger partial charge >= 0.3 is 0 Å². The summed E-state index contributed by atoms with van der Waals surface area (Å²) in [6.45, 7) is 9.65. The summed E-state index contributed by atoms with van der Waals surface area (Å²) in [6.07, 6.45) is 0. The molecule has 0 aliphatic carbocycles. The van der Waals surface area contributed by atoms with Crippen molar-refractivity contribution in [1.82, 2.24) is 15.1 Å². The topological polar surface area (TPSA) is 59.0 Å². The number of carbonyl (C=O) groups is 1. The Labute approximate surface area is 102 Å². The Morgan fingerprint density at radius 1 is 1.47 bits per heavy atom. The number of nitrogens with zero attached hydrogens (tertiary/aromatic N) is 2. The molecule has 1 aromatic heterocycles. The Morgan fingerprint density at radius 2 is 2.12 bits per heavy atom. The van der Waals surface area contributed by atoms with Crippen LogP contribution in [0.15, 0.2) is 0 Å².